The molecule has 9 heteroatoms. The minimum atomic E-state index is -0.956. The maximum atomic E-state index is 13.3. The molecule has 1 N–H and O–H groups in total. The number of aliphatic hydroxyl groups is 1. The fraction of sp³-hybridized carbons (Fsp3) is 0.259. The van der Waals surface area contributed by atoms with E-state index in [2.05, 4.69) is 4.98 Å². The van der Waals surface area contributed by atoms with Crippen molar-refractivity contribution in [1.29, 1.82) is 0 Å². The summed E-state index contributed by atoms with van der Waals surface area (Å²) in [6.07, 6.45) is 0.852. The molecule has 186 valence electrons. The van der Waals surface area contributed by atoms with E-state index in [1.165, 1.54) is 12.0 Å². The average molecular weight is 507 g/mol. The van der Waals surface area contributed by atoms with Crippen LogP contribution in [0.2, 0.25) is 0 Å². The molecule has 3 aromatic rings. The smallest absolute Gasteiger partial charge is 0.350 e. The van der Waals surface area contributed by atoms with Crippen LogP contribution < -0.4 is 9.64 Å². The van der Waals surface area contributed by atoms with Crippen LogP contribution in [0.5, 0.6) is 5.75 Å². The number of methoxy groups -OCH3 is 1. The van der Waals surface area contributed by atoms with Gasteiger partial charge in [0.15, 0.2) is 5.13 Å². The van der Waals surface area contributed by atoms with Crippen LogP contribution in [0.15, 0.2) is 54.1 Å². The van der Waals surface area contributed by atoms with Crippen LogP contribution in [-0.2, 0) is 14.3 Å². The van der Waals surface area contributed by atoms with Crippen LogP contribution in [0.25, 0.3) is 5.76 Å². The predicted molar refractivity (Wildman–Crippen MR) is 136 cm³/mol. The molecule has 1 aromatic heterocycles. The summed E-state index contributed by atoms with van der Waals surface area (Å²) in [6, 6.07) is 13.1. The van der Waals surface area contributed by atoms with E-state index in [1.54, 1.807) is 43.3 Å². The van der Waals surface area contributed by atoms with Crippen molar-refractivity contribution in [2.75, 3.05) is 18.6 Å². The molecule has 1 unspecified atom stereocenters. The van der Waals surface area contributed by atoms with E-state index in [1.807, 2.05) is 26.0 Å². The molecule has 0 aliphatic carbocycles. The van der Waals surface area contributed by atoms with E-state index in [9.17, 15) is 19.5 Å². The molecule has 8 nitrogen and oxygen atoms in total. The monoisotopic (exact) mass is 506 g/mol. The number of Topliss-reactive ketones (excluding diaryl/α,β-unsaturated/α-hetero) is 1. The minimum absolute atomic E-state index is 0.0569. The summed E-state index contributed by atoms with van der Waals surface area (Å²) in [4.78, 5) is 44.7. The first kappa shape index (κ1) is 25.1. The maximum absolute atomic E-state index is 13.3. The van der Waals surface area contributed by atoms with Gasteiger partial charge in [0.2, 0.25) is 0 Å². The summed E-state index contributed by atoms with van der Waals surface area (Å²) in [7, 11) is 1.26. The van der Waals surface area contributed by atoms with Gasteiger partial charge >= 0.3 is 11.9 Å². The second-order valence-corrected chi connectivity index (χ2v) is 9.33. The molecule has 1 aliphatic heterocycles. The van der Waals surface area contributed by atoms with E-state index in [0.29, 0.717) is 29.2 Å². The van der Waals surface area contributed by atoms with Gasteiger partial charge in [-0.25, -0.2) is 9.78 Å². The Morgan fingerprint density at radius 1 is 1.08 bits per heavy atom. The lowest BCUT2D eigenvalue weighted by Gasteiger charge is -2.23. The molecule has 1 amide bonds. The second kappa shape index (κ2) is 10.3. The van der Waals surface area contributed by atoms with E-state index in [4.69, 9.17) is 9.47 Å². The van der Waals surface area contributed by atoms with Crippen LogP contribution >= 0.6 is 11.3 Å². The summed E-state index contributed by atoms with van der Waals surface area (Å²) in [5.41, 5.74) is 2.30. The minimum Gasteiger partial charge on any atom is -0.507 e. The Kier molecular flexibility index (Phi) is 7.21. The number of aromatic nitrogens is 1. The lowest BCUT2D eigenvalue weighted by molar-refractivity contribution is -0.132. The molecule has 1 fully saturated rings. The van der Waals surface area contributed by atoms with Gasteiger partial charge in [0.05, 0.1) is 31.0 Å². The van der Waals surface area contributed by atoms with Crippen molar-refractivity contribution < 1.29 is 29.0 Å². The number of nitrogens with zero attached hydrogens (tertiary/aromatic N) is 2. The summed E-state index contributed by atoms with van der Waals surface area (Å²) in [5, 5.41) is 11.4. The molecule has 1 aliphatic rings. The van der Waals surface area contributed by atoms with Gasteiger partial charge in [0.1, 0.15) is 16.4 Å². The lowest BCUT2D eigenvalue weighted by Crippen LogP contribution is -2.29. The molecule has 0 bridgehead atoms. The number of ketones is 1. The van der Waals surface area contributed by atoms with Gasteiger partial charge in [0, 0.05) is 5.56 Å². The molecule has 4 rings (SSSR count). The third-order valence-electron chi connectivity index (χ3n) is 5.80. The Hall–Kier alpha value is -3.98. The maximum Gasteiger partial charge on any atom is 0.350 e. The van der Waals surface area contributed by atoms with Crippen molar-refractivity contribution in [3.63, 3.8) is 0 Å². The Bertz CT molecular complexity index is 1340. The van der Waals surface area contributed by atoms with E-state index >= 15 is 0 Å². The van der Waals surface area contributed by atoms with Gasteiger partial charge in [-0.2, -0.15) is 0 Å². The molecule has 0 spiro atoms. The highest BCUT2D eigenvalue weighted by atomic mass is 32.1. The third-order valence-corrected chi connectivity index (χ3v) is 6.94. The van der Waals surface area contributed by atoms with Crippen LogP contribution in [0.3, 0.4) is 0 Å². The molecule has 2 aromatic carbocycles. The number of ether oxygens (including phenoxy) is 2. The molecule has 0 radical (unpaired) electrons. The van der Waals surface area contributed by atoms with Crippen LogP contribution in [0.4, 0.5) is 5.13 Å². The van der Waals surface area contributed by atoms with Gasteiger partial charge in [-0.05, 0) is 38.0 Å². The quantitative estimate of drug-likeness (QED) is 0.209. The number of aliphatic hydroxyl groups excluding tert-OH is 1. The number of hydrogen-bond donors (Lipinski definition) is 1. The number of thiazole rings is 1. The number of amides is 1. The Morgan fingerprint density at radius 3 is 2.36 bits per heavy atom. The molecular weight excluding hydrogens is 480 g/mol. The summed E-state index contributed by atoms with van der Waals surface area (Å²) < 4.78 is 10.5. The zero-order valence-corrected chi connectivity index (χ0v) is 21.2. The molecule has 0 saturated carbocycles. The lowest BCUT2D eigenvalue weighted by atomic mass is 9.95. The summed E-state index contributed by atoms with van der Waals surface area (Å²) >= 11 is 0.958. The largest absolute Gasteiger partial charge is 0.507 e. The first-order valence-electron chi connectivity index (χ1n) is 11.4. The van der Waals surface area contributed by atoms with Crippen molar-refractivity contribution >= 4 is 39.9 Å². The van der Waals surface area contributed by atoms with E-state index in [0.717, 1.165) is 23.3 Å². The molecular formula is C27H26N2O6S. The zero-order valence-electron chi connectivity index (χ0n) is 20.4. The number of rotatable bonds is 7. The Balaban J connectivity index is 1.88. The van der Waals surface area contributed by atoms with Crippen molar-refractivity contribution in [3.8, 4) is 5.75 Å². The molecule has 1 atom stereocenters. The normalized spacial score (nSPS) is 16.9. The van der Waals surface area contributed by atoms with Crippen molar-refractivity contribution in [2.45, 2.75) is 33.2 Å². The molecule has 36 heavy (non-hydrogen) atoms. The highest BCUT2D eigenvalue weighted by Crippen LogP contribution is 2.44. The van der Waals surface area contributed by atoms with Gasteiger partial charge in [0.25, 0.3) is 5.78 Å². The molecule has 2 heterocycles. The average Bonchev–Trinajstić information content (AvgIpc) is 3.39. The SMILES string of the molecule is CCCOc1ccc(C2C(=C(O)c3ccc(C)cc3)C(=O)C(=O)N2c2nc(C)c(C(=O)OC)s2)cc1. The standard InChI is InChI=1S/C27H26N2O6S/c1-5-14-35-19-12-10-17(11-13-19)21-20(22(30)18-8-6-15(2)7-9-18)23(31)25(32)29(21)27-28-16(3)24(36-27)26(33)34-4/h6-13,21,30H,5,14H2,1-4H3. The fourth-order valence-electron chi connectivity index (χ4n) is 3.95. The van der Waals surface area contributed by atoms with Gasteiger partial charge in [-0.15, -0.1) is 0 Å². The number of carbonyl (C=O) groups is 3. The highest BCUT2D eigenvalue weighted by molar-refractivity contribution is 7.17. The van der Waals surface area contributed by atoms with Crippen LogP contribution in [0, 0.1) is 13.8 Å². The first-order valence-corrected chi connectivity index (χ1v) is 12.2. The summed E-state index contributed by atoms with van der Waals surface area (Å²) in [5.74, 6) is -1.90. The van der Waals surface area contributed by atoms with Crippen molar-refractivity contribution in [2.24, 2.45) is 0 Å². The van der Waals surface area contributed by atoms with Gasteiger partial charge in [-0.3, -0.25) is 14.5 Å². The number of carbonyl (C=O) groups excluding carboxylic acids is 3. The summed E-state index contributed by atoms with van der Waals surface area (Å²) in [6.45, 7) is 6.10. The topological polar surface area (TPSA) is 106 Å². The van der Waals surface area contributed by atoms with E-state index in [-0.39, 0.29) is 21.3 Å². The van der Waals surface area contributed by atoms with Crippen LogP contribution in [0.1, 0.15) is 51.4 Å². The Morgan fingerprint density at radius 2 is 1.75 bits per heavy atom. The number of esters is 1. The number of benzene rings is 2. The Labute approximate surface area is 212 Å². The molecule has 1 saturated heterocycles. The zero-order chi connectivity index (χ0) is 26.0. The van der Waals surface area contributed by atoms with Gasteiger partial charge in [-0.1, -0.05) is 60.2 Å². The number of anilines is 1. The predicted octanol–water partition coefficient (Wildman–Crippen LogP) is 4.96. The van der Waals surface area contributed by atoms with Gasteiger partial charge < -0.3 is 14.6 Å². The van der Waals surface area contributed by atoms with E-state index < -0.39 is 23.7 Å². The van der Waals surface area contributed by atoms with Crippen LogP contribution in [-0.4, -0.2) is 41.5 Å². The number of hydrogen-bond acceptors (Lipinski definition) is 8. The third kappa shape index (κ3) is 4.61. The fourth-order valence-corrected chi connectivity index (χ4v) is 4.96. The second-order valence-electron chi connectivity index (χ2n) is 8.36. The first-order chi connectivity index (χ1) is 17.3. The highest BCUT2D eigenvalue weighted by Gasteiger charge is 2.48. The van der Waals surface area contributed by atoms with Crippen molar-refractivity contribution in [1.82, 2.24) is 4.98 Å². The number of aryl methyl sites for hydroxylation is 2. The van der Waals surface area contributed by atoms with Crippen molar-refractivity contribution in [3.05, 3.63) is 81.4 Å².